The van der Waals surface area contributed by atoms with Gasteiger partial charge in [0.15, 0.2) is 0 Å². The SMILES string of the molecule is CC(=CCN1CCOCC1C)C(=O)O. The van der Waals surface area contributed by atoms with Gasteiger partial charge in [-0.25, -0.2) is 4.79 Å². The van der Waals surface area contributed by atoms with Gasteiger partial charge in [-0.2, -0.15) is 0 Å². The highest BCUT2D eigenvalue weighted by atomic mass is 16.5. The Kier molecular flexibility index (Phi) is 4.10. The van der Waals surface area contributed by atoms with E-state index in [1.54, 1.807) is 13.0 Å². The van der Waals surface area contributed by atoms with E-state index in [2.05, 4.69) is 11.8 Å². The van der Waals surface area contributed by atoms with Gasteiger partial charge in [0.1, 0.15) is 0 Å². The topological polar surface area (TPSA) is 49.8 Å². The summed E-state index contributed by atoms with van der Waals surface area (Å²) < 4.78 is 5.29. The van der Waals surface area contributed by atoms with E-state index in [1.165, 1.54) is 0 Å². The molecule has 1 fully saturated rings. The molecule has 0 aromatic heterocycles. The van der Waals surface area contributed by atoms with E-state index in [0.717, 1.165) is 19.8 Å². The van der Waals surface area contributed by atoms with Crippen LogP contribution in [-0.2, 0) is 9.53 Å². The lowest BCUT2D eigenvalue weighted by Crippen LogP contribution is -2.43. The molecule has 4 nitrogen and oxygen atoms in total. The zero-order valence-corrected chi connectivity index (χ0v) is 8.69. The molecule has 0 aliphatic carbocycles. The van der Waals surface area contributed by atoms with Crippen LogP contribution in [0, 0.1) is 0 Å². The number of hydrogen-bond acceptors (Lipinski definition) is 3. The Labute approximate surface area is 84.2 Å². The molecule has 0 amide bonds. The molecule has 1 rings (SSSR count). The molecule has 14 heavy (non-hydrogen) atoms. The van der Waals surface area contributed by atoms with Crippen LogP contribution >= 0.6 is 0 Å². The van der Waals surface area contributed by atoms with E-state index >= 15 is 0 Å². The monoisotopic (exact) mass is 199 g/mol. The Hall–Kier alpha value is -0.870. The molecule has 1 saturated heterocycles. The van der Waals surface area contributed by atoms with Crippen LogP contribution in [0.2, 0.25) is 0 Å². The van der Waals surface area contributed by atoms with Gasteiger partial charge in [0.05, 0.1) is 13.2 Å². The summed E-state index contributed by atoms with van der Waals surface area (Å²) in [6, 6.07) is 0.376. The maximum absolute atomic E-state index is 10.5. The highest BCUT2D eigenvalue weighted by Crippen LogP contribution is 2.06. The molecule has 0 aromatic carbocycles. The van der Waals surface area contributed by atoms with Crippen LogP contribution in [-0.4, -0.2) is 48.3 Å². The molecule has 0 spiro atoms. The molecule has 0 aromatic rings. The molecule has 4 heteroatoms. The fourth-order valence-electron chi connectivity index (χ4n) is 1.37. The Bertz CT molecular complexity index is 238. The number of rotatable bonds is 3. The summed E-state index contributed by atoms with van der Waals surface area (Å²) in [5.41, 5.74) is 0.406. The van der Waals surface area contributed by atoms with Crippen molar-refractivity contribution in [2.75, 3.05) is 26.3 Å². The number of carboxylic acid groups (broad SMARTS) is 1. The molecule has 1 atom stereocenters. The number of ether oxygens (including phenoxy) is 1. The lowest BCUT2D eigenvalue weighted by molar-refractivity contribution is -0.132. The summed E-state index contributed by atoms with van der Waals surface area (Å²) in [4.78, 5) is 12.8. The van der Waals surface area contributed by atoms with Crippen LogP contribution in [0.1, 0.15) is 13.8 Å². The van der Waals surface area contributed by atoms with Crippen LogP contribution in [0.4, 0.5) is 0 Å². The Morgan fingerprint density at radius 1 is 1.71 bits per heavy atom. The quantitative estimate of drug-likeness (QED) is 0.681. The van der Waals surface area contributed by atoms with Crippen molar-refractivity contribution in [1.82, 2.24) is 4.90 Å². The number of nitrogens with zero attached hydrogens (tertiary/aromatic N) is 1. The summed E-state index contributed by atoms with van der Waals surface area (Å²) in [5.74, 6) is -0.842. The van der Waals surface area contributed by atoms with E-state index in [-0.39, 0.29) is 0 Å². The normalized spacial score (nSPS) is 25.0. The van der Waals surface area contributed by atoms with Gasteiger partial charge in [0.2, 0.25) is 0 Å². The second kappa shape index (κ2) is 5.12. The molecule has 0 bridgehead atoms. The highest BCUT2D eigenvalue weighted by molar-refractivity contribution is 5.85. The third-order valence-corrected chi connectivity index (χ3v) is 2.47. The minimum absolute atomic E-state index is 0.376. The van der Waals surface area contributed by atoms with E-state index in [0.29, 0.717) is 18.2 Å². The van der Waals surface area contributed by atoms with E-state index in [1.807, 2.05) is 0 Å². The molecule has 1 aliphatic rings. The van der Waals surface area contributed by atoms with E-state index < -0.39 is 5.97 Å². The molecule has 1 unspecified atom stereocenters. The third-order valence-electron chi connectivity index (χ3n) is 2.47. The maximum Gasteiger partial charge on any atom is 0.330 e. The van der Waals surface area contributed by atoms with Gasteiger partial charge in [-0.3, -0.25) is 4.90 Å². The van der Waals surface area contributed by atoms with Gasteiger partial charge in [-0.1, -0.05) is 6.08 Å². The first-order chi connectivity index (χ1) is 6.61. The fourth-order valence-corrected chi connectivity index (χ4v) is 1.37. The number of aliphatic carboxylic acids is 1. The Balaban J connectivity index is 2.43. The van der Waals surface area contributed by atoms with E-state index in [4.69, 9.17) is 9.84 Å². The lowest BCUT2D eigenvalue weighted by Gasteiger charge is -2.32. The van der Waals surface area contributed by atoms with Crippen molar-refractivity contribution in [1.29, 1.82) is 0 Å². The molecule has 1 heterocycles. The zero-order valence-electron chi connectivity index (χ0n) is 8.69. The standard InChI is InChI=1S/C10H17NO3/c1-8(10(12)13)3-4-11-5-6-14-7-9(11)2/h3,9H,4-7H2,1-2H3,(H,12,13). The van der Waals surface area contributed by atoms with Crippen LogP contribution in [0.25, 0.3) is 0 Å². The Morgan fingerprint density at radius 2 is 2.43 bits per heavy atom. The summed E-state index contributed by atoms with van der Waals surface area (Å²) in [6.45, 7) is 6.76. The average molecular weight is 199 g/mol. The maximum atomic E-state index is 10.5. The summed E-state index contributed by atoms with van der Waals surface area (Å²) in [6.07, 6.45) is 1.75. The lowest BCUT2D eigenvalue weighted by atomic mass is 10.2. The van der Waals surface area contributed by atoms with Gasteiger partial charge in [0.25, 0.3) is 0 Å². The predicted octanol–water partition coefficient (Wildman–Crippen LogP) is 0.738. The minimum atomic E-state index is -0.842. The largest absolute Gasteiger partial charge is 0.478 e. The summed E-state index contributed by atoms with van der Waals surface area (Å²) in [5, 5.41) is 8.67. The number of hydrogen-bond donors (Lipinski definition) is 1. The van der Waals surface area contributed by atoms with Gasteiger partial charge < -0.3 is 9.84 Å². The van der Waals surface area contributed by atoms with Crippen LogP contribution in [0.3, 0.4) is 0 Å². The Morgan fingerprint density at radius 3 is 3.00 bits per heavy atom. The third kappa shape index (κ3) is 3.12. The molecule has 0 saturated carbocycles. The highest BCUT2D eigenvalue weighted by Gasteiger charge is 2.17. The average Bonchev–Trinajstić information content (AvgIpc) is 2.16. The molecular formula is C10H17NO3. The molecular weight excluding hydrogens is 182 g/mol. The smallest absolute Gasteiger partial charge is 0.330 e. The minimum Gasteiger partial charge on any atom is -0.478 e. The first-order valence-electron chi connectivity index (χ1n) is 4.83. The van der Waals surface area contributed by atoms with Gasteiger partial charge in [0, 0.05) is 24.7 Å². The van der Waals surface area contributed by atoms with Crippen molar-refractivity contribution in [2.24, 2.45) is 0 Å². The molecule has 0 radical (unpaired) electrons. The number of morpholine rings is 1. The van der Waals surface area contributed by atoms with Crippen LogP contribution < -0.4 is 0 Å². The van der Waals surface area contributed by atoms with Crippen molar-refractivity contribution in [3.63, 3.8) is 0 Å². The first-order valence-corrected chi connectivity index (χ1v) is 4.83. The summed E-state index contributed by atoms with van der Waals surface area (Å²) >= 11 is 0. The number of carbonyl (C=O) groups is 1. The van der Waals surface area contributed by atoms with Crippen LogP contribution in [0.15, 0.2) is 11.6 Å². The van der Waals surface area contributed by atoms with Crippen molar-refractivity contribution in [3.8, 4) is 0 Å². The summed E-state index contributed by atoms with van der Waals surface area (Å²) in [7, 11) is 0. The van der Waals surface area contributed by atoms with E-state index in [9.17, 15) is 4.79 Å². The fraction of sp³-hybridized carbons (Fsp3) is 0.700. The van der Waals surface area contributed by atoms with Gasteiger partial charge >= 0.3 is 5.97 Å². The van der Waals surface area contributed by atoms with Crippen LogP contribution in [0.5, 0.6) is 0 Å². The van der Waals surface area contributed by atoms with Crippen molar-refractivity contribution in [2.45, 2.75) is 19.9 Å². The molecule has 1 aliphatic heterocycles. The van der Waals surface area contributed by atoms with Gasteiger partial charge in [-0.15, -0.1) is 0 Å². The second-order valence-corrected chi connectivity index (χ2v) is 3.61. The van der Waals surface area contributed by atoms with Crippen molar-refractivity contribution < 1.29 is 14.6 Å². The van der Waals surface area contributed by atoms with Gasteiger partial charge in [-0.05, 0) is 13.8 Å². The predicted molar refractivity (Wildman–Crippen MR) is 53.2 cm³/mol. The second-order valence-electron chi connectivity index (χ2n) is 3.61. The first kappa shape index (κ1) is 11.2. The van der Waals surface area contributed by atoms with Crippen molar-refractivity contribution >= 4 is 5.97 Å². The van der Waals surface area contributed by atoms with Crippen molar-refractivity contribution in [3.05, 3.63) is 11.6 Å². The zero-order chi connectivity index (χ0) is 10.6. The molecule has 80 valence electrons. The molecule has 1 N–H and O–H groups in total. The number of carboxylic acids is 1.